The second-order valence-corrected chi connectivity index (χ2v) is 4.16. The molecule has 5 heteroatoms. The molecule has 0 fully saturated rings. The summed E-state index contributed by atoms with van der Waals surface area (Å²) in [5.41, 5.74) is 0.894. The normalized spacial score (nSPS) is 10.1. The molecule has 20 heavy (non-hydrogen) atoms. The van der Waals surface area contributed by atoms with E-state index in [0.717, 1.165) is 6.07 Å². The van der Waals surface area contributed by atoms with Crippen molar-refractivity contribution in [2.75, 3.05) is 0 Å². The van der Waals surface area contributed by atoms with Crippen LogP contribution in [0.25, 0.3) is 0 Å². The number of aliphatic hydroxyl groups excluding tert-OH is 1. The van der Waals surface area contributed by atoms with Crippen molar-refractivity contribution in [1.29, 1.82) is 5.26 Å². The van der Waals surface area contributed by atoms with Crippen LogP contribution in [0.5, 0.6) is 5.75 Å². The predicted molar refractivity (Wildman–Crippen MR) is 67.8 cm³/mol. The van der Waals surface area contributed by atoms with Crippen molar-refractivity contribution in [2.24, 2.45) is 0 Å². The maximum Gasteiger partial charge on any atom is 0.129 e. The van der Waals surface area contributed by atoms with Crippen LogP contribution in [0.15, 0.2) is 36.4 Å². The Bertz CT molecular complexity index is 665. The molecule has 0 atom stereocenters. The van der Waals surface area contributed by atoms with Crippen LogP contribution in [0.2, 0.25) is 0 Å². The average molecular weight is 275 g/mol. The maximum atomic E-state index is 13.5. The van der Waals surface area contributed by atoms with Crippen molar-refractivity contribution < 1.29 is 18.6 Å². The molecule has 0 saturated heterocycles. The molecular weight excluding hydrogens is 264 g/mol. The molecular formula is C15H11F2NO2. The monoisotopic (exact) mass is 275 g/mol. The summed E-state index contributed by atoms with van der Waals surface area (Å²) in [5.74, 6) is -0.851. The van der Waals surface area contributed by atoms with Crippen molar-refractivity contribution in [3.05, 3.63) is 64.7 Å². The van der Waals surface area contributed by atoms with Gasteiger partial charge in [-0.15, -0.1) is 0 Å². The summed E-state index contributed by atoms with van der Waals surface area (Å²) in [6, 6.07) is 9.63. The second-order valence-electron chi connectivity index (χ2n) is 4.16. The topological polar surface area (TPSA) is 53.2 Å². The summed E-state index contributed by atoms with van der Waals surface area (Å²) in [7, 11) is 0. The van der Waals surface area contributed by atoms with Gasteiger partial charge in [-0.1, -0.05) is 0 Å². The Morgan fingerprint density at radius 1 is 1.15 bits per heavy atom. The zero-order chi connectivity index (χ0) is 14.5. The minimum Gasteiger partial charge on any atom is -0.489 e. The highest BCUT2D eigenvalue weighted by atomic mass is 19.1. The summed E-state index contributed by atoms with van der Waals surface area (Å²) in [6.45, 7) is -0.442. The summed E-state index contributed by atoms with van der Waals surface area (Å²) >= 11 is 0. The molecule has 2 aromatic carbocycles. The quantitative estimate of drug-likeness (QED) is 0.933. The molecule has 0 saturated carbocycles. The molecule has 0 aliphatic rings. The van der Waals surface area contributed by atoms with E-state index in [1.807, 2.05) is 6.07 Å². The first-order valence-electron chi connectivity index (χ1n) is 5.84. The molecule has 0 aromatic heterocycles. The Kier molecular flexibility index (Phi) is 4.28. The van der Waals surface area contributed by atoms with Crippen LogP contribution in [0.4, 0.5) is 8.78 Å². The molecule has 2 rings (SSSR count). The van der Waals surface area contributed by atoms with Crippen LogP contribution in [-0.4, -0.2) is 5.11 Å². The van der Waals surface area contributed by atoms with E-state index >= 15 is 0 Å². The van der Waals surface area contributed by atoms with Crippen LogP contribution < -0.4 is 4.74 Å². The van der Waals surface area contributed by atoms with Gasteiger partial charge in [0.15, 0.2) is 0 Å². The van der Waals surface area contributed by atoms with Crippen LogP contribution in [0, 0.1) is 23.0 Å². The van der Waals surface area contributed by atoms with E-state index in [-0.39, 0.29) is 24.5 Å². The molecule has 0 unspecified atom stereocenters. The Morgan fingerprint density at radius 2 is 1.95 bits per heavy atom. The van der Waals surface area contributed by atoms with Gasteiger partial charge in [-0.05, 0) is 35.9 Å². The Morgan fingerprint density at radius 3 is 2.65 bits per heavy atom. The SMILES string of the molecule is N#Cc1ccc(F)c(COc2cc(F)cc(CO)c2)c1. The fourth-order valence-corrected chi connectivity index (χ4v) is 1.71. The van der Waals surface area contributed by atoms with Gasteiger partial charge in [-0.3, -0.25) is 0 Å². The standard InChI is InChI=1S/C15H11F2NO2/c16-13-4-11(8-19)5-14(6-13)20-9-12-3-10(7-18)1-2-15(12)17/h1-6,19H,8-9H2. The summed E-state index contributed by atoms with van der Waals surface area (Å²) in [5, 5.41) is 17.7. The zero-order valence-corrected chi connectivity index (χ0v) is 10.4. The third-order valence-electron chi connectivity index (χ3n) is 2.68. The van der Waals surface area contributed by atoms with E-state index in [2.05, 4.69) is 0 Å². The number of benzene rings is 2. The van der Waals surface area contributed by atoms with E-state index in [0.29, 0.717) is 11.1 Å². The van der Waals surface area contributed by atoms with E-state index in [1.165, 1.54) is 30.3 Å². The lowest BCUT2D eigenvalue weighted by molar-refractivity contribution is 0.275. The van der Waals surface area contributed by atoms with Crippen molar-refractivity contribution in [1.82, 2.24) is 0 Å². The molecule has 0 aliphatic carbocycles. The van der Waals surface area contributed by atoms with Gasteiger partial charge in [0.05, 0.1) is 18.2 Å². The highest BCUT2D eigenvalue weighted by Crippen LogP contribution is 2.19. The van der Waals surface area contributed by atoms with Gasteiger partial charge in [0.25, 0.3) is 0 Å². The number of hydrogen-bond acceptors (Lipinski definition) is 3. The first kappa shape index (κ1) is 14.0. The first-order chi connectivity index (χ1) is 9.62. The van der Waals surface area contributed by atoms with Gasteiger partial charge in [-0.2, -0.15) is 5.26 Å². The summed E-state index contributed by atoms with van der Waals surface area (Å²) in [6.07, 6.45) is 0. The Hall–Kier alpha value is -2.45. The molecule has 0 radical (unpaired) electrons. The van der Waals surface area contributed by atoms with Gasteiger partial charge in [0.2, 0.25) is 0 Å². The lowest BCUT2D eigenvalue weighted by atomic mass is 10.1. The van der Waals surface area contributed by atoms with Crippen LogP contribution in [0.3, 0.4) is 0 Å². The van der Waals surface area contributed by atoms with E-state index in [9.17, 15) is 8.78 Å². The molecule has 102 valence electrons. The number of ether oxygens (including phenoxy) is 1. The van der Waals surface area contributed by atoms with Crippen molar-refractivity contribution in [3.8, 4) is 11.8 Å². The number of nitrogens with zero attached hydrogens (tertiary/aromatic N) is 1. The van der Waals surface area contributed by atoms with Gasteiger partial charge < -0.3 is 9.84 Å². The molecule has 0 bridgehead atoms. The van der Waals surface area contributed by atoms with Gasteiger partial charge >= 0.3 is 0 Å². The molecule has 3 nitrogen and oxygen atoms in total. The first-order valence-corrected chi connectivity index (χ1v) is 5.84. The second kappa shape index (κ2) is 6.13. The molecule has 0 spiro atoms. The van der Waals surface area contributed by atoms with Crippen molar-refractivity contribution in [2.45, 2.75) is 13.2 Å². The van der Waals surface area contributed by atoms with E-state index in [1.54, 1.807) is 0 Å². The van der Waals surface area contributed by atoms with Crippen molar-refractivity contribution >= 4 is 0 Å². The molecule has 2 aromatic rings. The number of nitriles is 1. The van der Waals surface area contributed by atoms with Gasteiger partial charge in [0.1, 0.15) is 24.0 Å². The number of halogens is 2. The highest BCUT2D eigenvalue weighted by molar-refractivity contribution is 5.34. The van der Waals surface area contributed by atoms with Crippen LogP contribution in [0.1, 0.15) is 16.7 Å². The zero-order valence-electron chi connectivity index (χ0n) is 10.4. The summed E-state index contributed by atoms with van der Waals surface area (Å²) < 4.78 is 32.1. The predicted octanol–water partition coefficient (Wildman–Crippen LogP) is 2.91. The number of aliphatic hydroxyl groups is 1. The average Bonchev–Trinajstić information content (AvgIpc) is 2.45. The summed E-state index contributed by atoms with van der Waals surface area (Å²) in [4.78, 5) is 0. The molecule has 0 aliphatic heterocycles. The minimum absolute atomic E-state index is 0.129. The lowest BCUT2D eigenvalue weighted by Crippen LogP contribution is -2.00. The van der Waals surface area contributed by atoms with Crippen LogP contribution in [-0.2, 0) is 13.2 Å². The van der Waals surface area contributed by atoms with E-state index < -0.39 is 11.6 Å². The maximum absolute atomic E-state index is 13.5. The fraction of sp³-hybridized carbons (Fsp3) is 0.133. The molecule has 0 heterocycles. The van der Waals surface area contributed by atoms with Gasteiger partial charge in [0, 0.05) is 11.6 Å². The Balaban J connectivity index is 2.16. The third-order valence-corrected chi connectivity index (χ3v) is 2.68. The van der Waals surface area contributed by atoms with Crippen LogP contribution >= 0.6 is 0 Å². The fourth-order valence-electron chi connectivity index (χ4n) is 1.71. The Labute approximate surface area is 114 Å². The lowest BCUT2D eigenvalue weighted by Gasteiger charge is -2.09. The van der Waals surface area contributed by atoms with Gasteiger partial charge in [-0.25, -0.2) is 8.78 Å². The molecule has 0 amide bonds. The number of hydrogen-bond donors (Lipinski definition) is 1. The minimum atomic E-state index is -0.544. The van der Waals surface area contributed by atoms with E-state index in [4.69, 9.17) is 15.1 Å². The third kappa shape index (κ3) is 3.31. The largest absolute Gasteiger partial charge is 0.489 e. The smallest absolute Gasteiger partial charge is 0.129 e. The number of rotatable bonds is 4. The highest BCUT2D eigenvalue weighted by Gasteiger charge is 2.06. The molecule has 1 N–H and O–H groups in total. The van der Waals surface area contributed by atoms with Crippen molar-refractivity contribution in [3.63, 3.8) is 0 Å².